The highest BCUT2D eigenvalue weighted by atomic mass is 32.5. The fraction of sp³-hybridized carbons (Fsp3) is 0.312. The summed E-state index contributed by atoms with van der Waals surface area (Å²) in [7, 11) is -5.03. The molecule has 0 bridgehead atoms. The number of ether oxygens (including phenoxy) is 2. The molecule has 3 aromatic rings. The van der Waals surface area contributed by atoms with Gasteiger partial charge in [0.1, 0.15) is 24.1 Å². The van der Waals surface area contributed by atoms with E-state index in [0.29, 0.717) is 0 Å². The van der Waals surface area contributed by atoms with Gasteiger partial charge in [0.25, 0.3) is 0 Å². The standard InChI is InChI=1S/C16H18N6O10P2S/c17-13-10-14(20-6-19-13)22(7-21-10)15-12(31-16(24)8-2-1-3-18-4-8)11(23)9(30-15)5-29-33(25,26)32-34(27,28)35/h1-4,6-7,9,11-12,15,23H,5H2,(H,25,26)(H2,17,19,20)(H2,27,28,35)/t9-,11-,12-,15-/m1/s1. The van der Waals surface area contributed by atoms with E-state index >= 15 is 0 Å². The Morgan fingerprint density at radius 3 is 2.74 bits per heavy atom. The van der Waals surface area contributed by atoms with Crippen molar-refractivity contribution in [2.24, 2.45) is 0 Å². The lowest BCUT2D eigenvalue weighted by Gasteiger charge is -2.22. The molecule has 4 rings (SSSR count). The summed E-state index contributed by atoms with van der Waals surface area (Å²) in [5.41, 5.74) is 6.31. The van der Waals surface area contributed by atoms with Gasteiger partial charge >= 0.3 is 20.5 Å². The normalized spacial score (nSPS) is 24.3. The number of nitrogen functional groups attached to an aromatic ring is 1. The predicted molar refractivity (Wildman–Crippen MR) is 119 cm³/mol. The van der Waals surface area contributed by atoms with Crippen LogP contribution in [0.2, 0.25) is 0 Å². The van der Waals surface area contributed by atoms with Crippen molar-refractivity contribution < 1.29 is 47.5 Å². The van der Waals surface area contributed by atoms with E-state index < -0.39 is 51.7 Å². The summed E-state index contributed by atoms with van der Waals surface area (Å²) in [4.78, 5) is 56.4. The SMILES string of the molecule is Nc1ncnc2c1ncn2[C@@H]1O[C@H](COP(=O)(O)OP(O)(O)=S)[C@@H](O)[C@H]1OC(=O)c1cccnc1. The average molecular weight is 548 g/mol. The lowest BCUT2D eigenvalue weighted by atomic mass is 10.1. The Hall–Kier alpha value is -2.43. The second-order valence-corrected chi connectivity index (χ2v) is 11.3. The minimum atomic E-state index is -5.03. The maximum absolute atomic E-state index is 12.7. The van der Waals surface area contributed by atoms with E-state index in [1.54, 1.807) is 0 Å². The number of anilines is 1. The minimum Gasteiger partial charge on any atom is -0.451 e. The number of fused-ring (bicyclic) bond motifs is 1. The zero-order valence-electron chi connectivity index (χ0n) is 17.3. The molecule has 0 aromatic carbocycles. The number of rotatable bonds is 8. The van der Waals surface area contributed by atoms with Crippen LogP contribution in [-0.4, -0.2) is 75.2 Å². The van der Waals surface area contributed by atoms with Gasteiger partial charge in [-0.1, -0.05) is 0 Å². The lowest BCUT2D eigenvalue weighted by Crippen LogP contribution is -2.37. The third-order valence-electron chi connectivity index (χ3n) is 4.73. The Bertz CT molecular complexity index is 1320. The van der Waals surface area contributed by atoms with E-state index in [2.05, 4.69) is 36.1 Å². The summed E-state index contributed by atoms with van der Waals surface area (Å²) in [6.45, 7) is -5.32. The number of esters is 1. The van der Waals surface area contributed by atoms with E-state index in [1.165, 1.54) is 41.7 Å². The number of nitrogens with zero attached hydrogens (tertiary/aromatic N) is 5. The number of carbonyl (C=O) groups excluding carboxylic acids is 1. The quantitative estimate of drug-likeness (QED) is 0.178. The van der Waals surface area contributed by atoms with Crippen LogP contribution in [0.5, 0.6) is 0 Å². The maximum atomic E-state index is 12.7. The van der Waals surface area contributed by atoms with Crippen LogP contribution in [0.25, 0.3) is 11.2 Å². The summed E-state index contributed by atoms with van der Waals surface area (Å²) < 4.78 is 33.3. The van der Waals surface area contributed by atoms with Crippen LogP contribution < -0.4 is 5.73 Å². The molecule has 3 aromatic heterocycles. The largest absolute Gasteiger partial charge is 0.479 e. The first-order valence-electron chi connectivity index (χ1n) is 9.57. The third-order valence-corrected chi connectivity index (χ3v) is 7.48. The molecule has 0 aliphatic carbocycles. The van der Waals surface area contributed by atoms with Crippen LogP contribution in [0.3, 0.4) is 0 Å². The molecule has 19 heteroatoms. The summed E-state index contributed by atoms with van der Waals surface area (Å²) in [6, 6.07) is 2.96. The van der Waals surface area contributed by atoms with Crippen molar-refractivity contribution >= 4 is 49.3 Å². The Morgan fingerprint density at radius 1 is 1.29 bits per heavy atom. The van der Waals surface area contributed by atoms with Crippen molar-refractivity contribution in [3.05, 3.63) is 42.7 Å². The van der Waals surface area contributed by atoms with Gasteiger partial charge < -0.3 is 35.0 Å². The number of carbonyl (C=O) groups is 1. The number of hydrogen-bond donors (Lipinski definition) is 5. The first-order valence-corrected chi connectivity index (χ1v) is 13.7. The van der Waals surface area contributed by atoms with E-state index in [9.17, 15) is 19.4 Å². The Morgan fingerprint density at radius 2 is 2.06 bits per heavy atom. The number of aliphatic hydroxyl groups is 1. The van der Waals surface area contributed by atoms with Crippen molar-refractivity contribution in [3.8, 4) is 0 Å². The average Bonchev–Trinajstić information content (AvgIpc) is 3.34. The lowest BCUT2D eigenvalue weighted by molar-refractivity contribution is -0.0557. The van der Waals surface area contributed by atoms with Crippen molar-refractivity contribution in [3.63, 3.8) is 0 Å². The molecule has 0 amide bonds. The monoisotopic (exact) mass is 548 g/mol. The fourth-order valence-electron chi connectivity index (χ4n) is 3.26. The van der Waals surface area contributed by atoms with Crippen LogP contribution in [0.15, 0.2) is 37.2 Å². The summed E-state index contributed by atoms with van der Waals surface area (Å²) in [5.74, 6) is -0.772. The molecule has 6 N–H and O–H groups in total. The van der Waals surface area contributed by atoms with Crippen LogP contribution in [0.1, 0.15) is 16.6 Å². The topological polar surface area (TPSA) is 234 Å². The zero-order valence-corrected chi connectivity index (χ0v) is 19.9. The minimum absolute atomic E-state index is 0.0678. The highest BCUT2D eigenvalue weighted by Crippen LogP contribution is 2.58. The van der Waals surface area contributed by atoms with Gasteiger partial charge in [0.2, 0.25) is 0 Å². The molecule has 5 atom stereocenters. The van der Waals surface area contributed by atoms with Gasteiger partial charge in [0, 0.05) is 12.4 Å². The number of nitrogens with two attached hydrogens (primary N) is 1. The molecule has 188 valence electrons. The van der Waals surface area contributed by atoms with Crippen molar-refractivity contribution in [2.45, 2.75) is 24.5 Å². The number of phosphoric acid groups is 1. The summed E-state index contributed by atoms with van der Waals surface area (Å²) >= 11 is 4.16. The molecule has 1 saturated heterocycles. The van der Waals surface area contributed by atoms with Crippen LogP contribution in [0, 0.1) is 0 Å². The maximum Gasteiger partial charge on any atom is 0.479 e. The van der Waals surface area contributed by atoms with Gasteiger partial charge in [-0.25, -0.2) is 28.6 Å². The Kier molecular flexibility index (Phi) is 7.26. The smallest absolute Gasteiger partial charge is 0.451 e. The number of pyridine rings is 1. The van der Waals surface area contributed by atoms with Crippen LogP contribution in [-0.2, 0) is 34.7 Å². The molecule has 1 aliphatic heterocycles. The predicted octanol–water partition coefficient (Wildman–Crippen LogP) is -0.370. The van der Waals surface area contributed by atoms with Gasteiger partial charge in [0.15, 0.2) is 23.8 Å². The van der Waals surface area contributed by atoms with E-state index in [4.69, 9.17) is 29.5 Å². The summed E-state index contributed by atoms with van der Waals surface area (Å²) in [5, 5.41) is 10.9. The molecule has 0 radical (unpaired) electrons. The van der Waals surface area contributed by atoms with Crippen molar-refractivity contribution in [1.82, 2.24) is 24.5 Å². The molecular formula is C16H18N6O10P2S. The molecule has 1 fully saturated rings. The third kappa shape index (κ3) is 5.87. The van der Waals surface area contributed by atoms with E-state index in [1.807, 2.05) is 0 Å². The molecule has 4 heterocycles. The Labute approximate surface area is 201 Å². The second kappa shape index (κ2) is 9.91. The number of imidazole rings is 1. The van der Waals surface area contributed by atoms with Gasteiger partial charge in [-0.15, -0.1) is 0 Å². The Balaban J connectivity index is 1.61. The second-order valence-electron chi connectivity index (χ2n) is 7.09. The van der Waals surface area contributed by atoms with Crippen LogP contribution >= 0.6 is 14.5 Å². The number of aliphatic hydroxyl groups excluding tert-OH is 1. The molecule has 1 aliphatic rings. The van der Waals surface area contributed by atoms with Crippen molar-refractivity contribution in [1.29, 1.82) is 0 Å². The summed E-state index contributed by atoms with van der Waals surface area (Å²) in [6.07, 6.45) is -0.417. The zero-order chi connectivity index (χ0) is 25.4. The molecule has 0 saturated carbocycles. The highest BCUT2D eigenvalue weighted by Gasteiger charge is 2.49. The van der Waals surface area contributed by atoms with Gasteiger partial charge in [-0.05, 0) is 23.9 Å². The highest BCUT2D eigenvalue weighted by molar-refractivity contribution is 8.08. The number of aromatic nitrogens is 5. The van der Waals surface area contributed by atoms with Gasteiger partial charge in [0.05, 0.1) is 18.5 Å². The first kappa shape index (κ1) is 25.7. The van der Waals surface area contributed by atoms with E-state index in [0.717, 1.165) is 0 Å². The molecule has 1 unspecified atom stereocenters. The molecule has 0 spiro atoms. The molecular weight excluding hydrogens is 530 g/mol. The van der Waals surface area contributed by atoms with Gasteiger partial charge in [-0.2, -0.15) is 0 Å². The number of hydrogen-bond acceptors (Lipinski definition) is 13. The first-order chi connectivity index (χ1) is 16.5. The number of phosphoric ester groups is 1. The van der Waals surface area contributed by atoms with Crippen molar-refractivity contribution in [2.75, 3.05) is 12.3 Å². The fourth-order valence-corrected chi connectivity index (χ4v) is 5.62. The molecule has 16 nitrogen and oxygen atoms in total. The van der Waals surface area contributed by atoms with E-state index in [-0.39, 0.29) is 22.5 Å². The van der Waals surface area contributed by atoms with Gasteiger partial charge in [-0.3, -0.25) is 14.1 Å². The van der Waals surface area contributed by atoms with Crippen LogP contribution in [0.4, 0.5) is 5.82 Å². The molecule has 35 heavy (non-hydrogen) atoms.